The fourth-order valence-corrected chi connectivity index (χ4v) is 3.38. The summed E-state index contributed by atoms with van der Waals surface area (Å²) in [5, 5.41) is 0. The molecule has 0 unspecified atom stereocenters. The summed E-state index contributed by atoms with van der Waals surface area (Å²) < 4.78 is 61.8. The molecule has 0 atom stereocenters. The van der Waals surface area contributed by atoms with E-state index in [0.29, 0.717) is 23.1 Å². The predicted molar refractivity (Wildman–Crippen MR) is 94.8 cm³/mol. The second-order valence-corrected chi connectivity index (χ2v) is 6.90. The van der Waals surface area contributed by atoms with E-state index in [1.54, 1.807) is 11.6 Å². The number of nitrogens with zero attached hydrogens (tertiary/aromatic N) is 1. The van der Waals surface area contributed by atoms with Gasteiger partial charge in [-0.1, -0.05) is 0 Å². The number of hydrogen-bond acceptors (Lipinski definition) is 7. The molecule has 11 heteroatoms. The van der Waals surface area contributed by atoms with E-state index >= 15 is 0 Å². The van der Waals surface area contributed by atoms with E-state index in [1.807, 2.05) is 0 Å². The first-order valence-electron chi connectivity index (χ1n) is 8.03. The highest BCUT2D eigenvalue weighted by Crippen LogP contribution is 2.36. The van der Waals surface area contributed by atoms with Gasteiger partial charge in [0.25, 0.3) is 5.91 Å². The maximum atomic E-state index is 14.7. The summed E-state index contributed by atoms with van der Waals surface area (Å²) in [6.45, 7) is 1.99. The van der Waals surface area contributed by atoms with E-state index in [4.69, 9.17) is 18.9 Å². The monoisotopic (exact) mass is 404 g/mol. The SMILES string of the molecule is CCO/C=C/c1cc(F)c(N2CC(=O)NS2(=O)=O)c(OCOCCOC)c1. The number of nitrogens with one attached hydrogen (secondary N) is 1. The molecule has 0 saturated carbocycles. The van der Waals surface area contributed by atoms with Gasteiger partial charge >= 0.3 is 10.2 Å². The summed E-state index contributed by atoms with van der Waals surface area (Å²) in [5.74, 6) is -1.73. The highest BCUT2D eigenvalue weighted by Gasteiger charge is 2.37. The molecule has 1 fully saturated rings. The van der Waals surface area contributed by atoms with Crippen molar-refractivity contribution >= 4 is 27.9 Å². The Kier molecular flexibility index (Phi) is 7.39. The molecule has 1 aliphatic heterocycles. The Morgan fingerprint density at radius 3 is 2.74 bits per heavy atom. The van der Waals surface area contributed by atoms with Crippen LogP contribution in [0.1, 0.15) is 12.5 Å². The normalized spacial score (nSPS) is 16.0. The first-order valence-corrected chi connectivity index (χ1v) is 9.47. The molecule has 150 valence electrons. The van der Waals surface area contributed by atoms with E-state index in [2.05, 4.69) is 0 Å². The summed E-state index contributed by atoms with van der Waals surface area (Å²) in [6.07, 6.45) is 2.88. The summed E-state index contributed by atoms with van der Waals surface area (Å²) in [6, 6.07) is 2.54. The number of carbonyl (C=O) groups excluding carboxylic acids is 1. The molecule has 9 nitrogen and oxygen atoms in total. The zero-order valence-corrected chi connectivity index (χ0v) is 15.8. The fraction of sp³-hybridized carbons (Fsp3) is 0.438. The van der Waals surface area contributed by atoms with Gasteiger partial charge in [-0.15, -0.1) is 0 Å². The maximum Gasteiger partial charge on any atom is 0.326 e. The minimum atomic E-state index is -4.20. The average molecular weight is 404 g/mol. The number of benzene rings is 1. The number of ether oxygens (including phenoxy) is 4. The lowest BCUT2D eigenvalue weighted by Gasteiger charge is -2.20. The zero-order chi connectivity index (χ0) is 19.9. The minimum absolute atomic E-state index is 0.0939. The third-order valence-corrected chi connectivity index (χ3v) is 4.75. The van der Waals surface area contributed by atoms with Crippen molar-refractivity contribution in [2.24, 2.45) is 0 Å². The van der Waals surface area contributed by atoms with Crippen LogP contribution in [0.25, 0.3) is 6.08 Å². The first-order chi connectivity index (χ1) is 12.9. The third kappa shape index (κ3) is 5.55. The van der Waals surface area contributed by atoms with Gasteiger partial charge in [0.1, 0.15) is 12.2 Å². The van der Waals surface area contributed by atoms with Gasteiger partial charge in [0.2, 0.25) is 0 Å². The van der Waals surface area contributed by atoms with Gasteiger partial charge in [0.15, 0.2) is 18.4 Å². The molecule has 1 aromatic carbocycles. The summed E-state index contributed by atoms with van der Waals surface area (Å²) in [5.41, 5.74) is 0.00437. The lowest BCUT2D eigenvalue weighted by Crippen LogP contribution is -2.30. The molecule has 0 aromatic heterocycles. The second kappa shape index (κ2) is 9.53. The molecule has 27 heavy (non-hydrogen) atoms. The van der Waals surface area contributed by atoms with Crippen molar-refractivity contribution in [1.29, 1.82) is 0 Å². The Labute approximate surface area is 156 Å². The minimum Gasteiger partial charge on any atom is -0.501 e. The van der Waals surface area contributed by atoms with Crippen LogP contribution in [0.3, 0.4) is 0 Å². The van der Waals surface area contributed by atoms with Crippen LogP contribution in [0.2, 0.25) is 0 Å². The van der Waals surface area contributed by atoms with Gasteiger partial charge in [-0.05, 0) is 30.7 Å². The quantitative estimate of drug-likeness (QED) is 0.353. The van der Waals surface area contributed by atoms with E-state index < -0.39 is 28.5 Å². The number of halogens is 1. The van der Waals surface area contributed by atoms with Crippen LogP contribution in [0, 0.1) is 5.82 Å². The van der Waals surface area contributed by atoms with Crippen molar-refractivity contribution in [3.63, 3.8) is 0 Å². The van der Waals surface area contributed by atoms with Gasteiger partial charge in [-0.3, -0.25) is 4.79 Å². The largest absolute Gasteiger partial charge is 0.501 e. The van der Waals surface area contributed by atoms with Crippen molar-refractivity contribution < 1.29 is 36.6 Å². The molecule has 0 radical (unpaired) electrons. The zero-order valence-electron chi connectivity index (χ0n) is 14.9. The number of hydrogen-bond donors (Lipinski definition) is 1. The van der Waals surface area contributed by atoms with Crippen LogP contribution in [-0.2, 0) is 29.2 Å². The Bertz CT molecular complexity index is 798. The molecule has 1 heterocycles. The Hall–Kier alpha value is -2.37. The lowest BCUT2D eigenvalue weighted by molar-refractivity contribution is -0.117. The predicted octanol–water partition coefficient (Wildman–Crippen LogP) is 1.01. The lowest BCUT2D eigenvalue weighted by atomic mass is 10.1. The topological polar surface area (TPSA) is 103 Å². The van der Waals surface area contributed by atoms with Crippen molar-refractivity contribution in [1.82, 2.24) is 4.72 Å². The van der Waals surface area contributed by atoms with Crippen molar-refractivity contribution in [3.8, 4) is 5.75 Å². The summed E-state index contributed by atoms with van der Waals surface area (Å²) in [4.78, 5) is 11.5. The van der Waals surface area contributed by atoms with Gasteiger partial charge in [0.05, 0.1) is 26.1 Å². The summed E-state index contributed by atoms with van der Waals surface area (Å²) >= 11 is 0. The molecule has 1 amide bonds. The molecule has 1 aromatic rings. The maximum absolute atomic E-state index is 14.7. The van der Waals surface area contributed by atoms with Crippen LogP contribution in [0.15, 0.2) is 18.4 Å². The summed E-state index contributed by atoms with van der Waals surface area (Å²) in [7, 11) is -2.69. The van der Waals surface area contributed by atoms with E-state index in [9.17, 15) is 17.6 Å². The van der Waals surface area contributed by atoms with Gasteiger partial charge in [-0.2, -0.15) is 8.42 Å². The smallest absolute Gasteiger partial charge is 0.326 e. The molecule has 1 saturated heterocycles. The van der Waals surface area contributed by atoms with Gasteiger partial charge in [0, 0.05) is 7.11 Å². The number of amides is 1. The molecule has 1 N–H and O–H groups in total. The molecule has 0 spiro atoms. The van der Waals surface area contributed by atoms with Crippen molar-refractivity contribution in [3.05, 3.63) is 29.8 Å². The molecular weight excluding hydrogens is 383 g/mol. The fourth-order valence-electron chi connectivity index (χ4n) is 2.22. The van der Waals surface area contributed by atoms with Crippen LogP contribution in [0.5, 0.6) is 5.75 Å². The van der Waals surface area contributed by atoms with Crippen LogP contribution >= 0.6 is 0 Å². The molecule has 0 aliphatic carbocycles. The molecule has 2 rings (SSSR count). The molecule has 0 bridgehead atoms. The standard InChI is InChI=1S/C16H21FN2O7S/c1-3-24-5-4-12-8-13(17)16(19-10-15(20)18-27(19,21)22)14(9-12)26-11-25-7-6-23-2/h4-5,8-9H,3,6-7,10-11H2,1-2H3,(H,18,20)/b5-4+. The van der Waals surface area contributed by atoms with Crippen molar-refractivity contribution in [2.45, 2.75) is 6.92 Å². The Balaban J connectivity index is 2.33. The number of carbonyl (C=O) groups is 1. The van der Waals surface area contributed by atoms with Crippen LogP contribution < -0.4 is 13.8 Å². The van der Waals surface area contributed by atoms with Gasteiger partial charge < -0.3 is 18.9 Å². The van der Waals surface area contributed by atoms with E-state index in [0.717, 1.165) is 6.07 Å². The van der Waals surface area contributed by atoms with Crippen LogP contribution in [-0.4, -0.2) is 54.6 Å². The van der Waals surface area contributed by atoms with Crippen molar-refractivity contribution in [2.75, 3.05) is 44.6 Å². The molecular formula is C16H21FN2O7S. The average Bonchev–Trinajstić information content (AvgIpc) is 2.86. The second-order valence-electron chi connectivity index (χ2n) is 5.31. The number of rotatable bonds is 10. The Morgan fingerprint density at radius 2 is 2.11 bits per heavy atom. The first kappa shape index (κ1) is 20.9. The molecule has 1 aliphatic rings. The van der Waals surface area contributed by atoms with E-state index in [-0.39, 0.29) is 24.8 Å². The highest BCUT2D eigenvalue weighted by atomic mass is 32.2. The Morgan fingerprint density at radius 1 is 1.33 bits per heavy atom. The van der Waals surface area contributed by atoms with Gasteiger partial charge in [-0.25, -0.2) is 13.4 Å². The highest BCUT2D eigenvalue weighted by molar-refractivity contribution is 7.92. The van der Waals surface area contributed by atoms with E-state index in [1.165, 1.54) is 25.5 Å². The number of methoxy groups -OCH3 is 1. The number of anilines is 1. The third-order valence-electron chi connectivity index (χ3n) is 3.37. The van der Waals surface area contributed by atoms with Crippen LogP contribution in [0.4, 0.5) is 10.1 Å².